The van der Waals surface area contributed by atoms with Crippen LogP contribution in [-0.4, -0.2) is 13.0 Å². The van der Waals surface area contributed by atoms with Crippen LogP contribution in [0.15, 0.2) is 16.6 Å². The molecule has 1 amide bonds. The monoisotopic (exact) mass is 257 g/mol. The fourth-order valence-electron chi connectivity index (χ4n) is 1.16. The summed E-state index contributed by atoms with van der Waals surface area (Å²) in [6, 6.07) is 3.66. The van der Waals surface area contributed by atoms with E-state index in [4.69, 9.17) is 4.74 Å². The Hall–Kier alpha value is -1.03. The lowest BCUT2D eigenvalue weighted by Crippen LogP contribution is -2.06. The van der Waals surface area contributed by atoms with Gasteiger partial charge in [0.2, 0.25) is 5.91 Å². The van der Waals surface area contributed by atoms with Crippen molar-refractivity contribution >= 4 is 27.5 Å². The molecule has 1 N–H and O–H groups in total. The molecule has 0 aliphatic heterocycles. The summed E-state index contributed by atoms with van der Waals surface area (Å²) in [5.41, 5.74) is 1.77. The summed E-state index contributed by atoms with van der Waals surface area (Å²) >= 11 is 3.40. The Bertz CT molecular complexity index is 363. The molecule has 0 aliphatic rings. The number of ether oxygens (including phenoxy) is 1. The predicted molar refractivity (Wildman–Crippen MR) is 59.7 cm³/mol. The molecule has 0 saturated carbocycles. The molecule has 76 valence electrons. The van der Waals surface area contributed by atoms with Gasteiger partial charge in [-0.2, -0.15) is 0 Å². The fraction of sp³-hybridized carbons (Fsp3) is 0.300. The average molecular weight is 258 g/mol. The number of nitrogens with one attached hydrogen (secondary N) is 1. The van der Waals surface area contributed by atoms with Gasteiger partial charge in [0.25, 0.3) is 0 Å². The Balaban J connectivity index is 3.09. The molecule has 0 aliphatic carbocycles. The van der Waals surface area contributed by atoms with Gasteiger partial charge in [-0.1, -0.05) is 0 Å². The standard InChI is InChI=1S/C10H12BrNO2/c1-6-4-8(12-7(2)13)5-9(14-3)10(6)11/h4-5H,1-3H3,(H,12,13). The third kappa shape index (κ3) is 2.48. The fourth-order valence-corrected chi connectivity index (χ4v) is 1.55. The number of halogens is 1. The van der Waals surface area contributed by atoms with E-state index in [0.29, 0.717) is 5.75 Å². The van der Waals surface area contributed by atoms with Gasteiger partial charge in [0.15, 0.2) is 0 Å². The molecular weight excluding hydrogens is 246 g/mol. The van der Waals surface area contributed by atoms with Crippen LogP contribution in [0.4, 0.5) is 5.69 Å². The zero-order chi connectivity index (χ0) is 10.7. The van der Waals surface area contributed by atoms with Gasteiger partial charge in [-0.3, -0.25) is 4.79 Å². The predicted octanol–water partition coefficient (Wildman–Crippen LogP) is 2.72. The SMILES string of the molecule is COc1cc(NC(C)=O)cc(C)c1Br. The molecule has 0 spiro atoms. The van der Waals surface area contributed by atoms with Crippen LogP contribution in [0.2, 0.25) is 0 Å². The number of hydrogen-bond acceptors (Lipinski definition) is 2. The number of rotatable bonds is 2. The lowest BCUT2D eigenvalue weighted by atomic mass is 10.2. The smallest absolute Gasteiger partial charge is 0.221 e. The van der Waals surface area contributed by atoms with E-state index in [-0.39, 0.29) is 5.91 Å². The molecule has 0 saturated heterocycles. The van der Waals surface area contributed by atoms with Gasteiger partial charge in [0, 0.05) is 18.7 Å². The van der Waals surface area contributed by atoms with E-state index in [1.165, 1.54) is 6.92 Å². The summed E-state index contributed by atoms with van der Waals surface area (Å²) < 4.78 is 6.06. The molecule has 0 atom stereocenters. The first kappa shape index (κ1) is 11.0. The molecule has 4 heteroatoms. The van der Waals surface area contributed by atoms with Crippen LogP contribution < -0.4 is 10.1 Å². The molecule has 1 aromatic rings. The minimum absolute atomic E-state index is 0.0891. The van der Waals surface area contributed by atoms with E-state index in [1.54, 1.807) is 13.2 Å². The lowest BCUT2D eigenvalue weighted by molar-refractivity contribution is -0.114. The number of aryl methyl sites for hydroxylation is 1. The second-order valence-corrected chi connectivity index (χ2v) is 3.78. The summed E-state index contributed by atoms with van der Waals surface area (Å²) in [4.78, 5) is 10.8. The largest absolute Gasteiger partial charge is 0.495 e. The zero-order valence-electron chi connectivity index (χ0n) is 8.35. The van der Waals surface area contributed by atoms with E-state index in [1.807, 2.05) is 13.0 Å². The highest BCUT2D eigenvalue weighted by molar-refractivity contribution is 9.10. The highest BCUT2D eigenvalue weighted by Gasteiger charge is 2.06. The Kier molecular flexibility index (Phi) is 3.52. The molecule has 0 fully saturated rings. The zero-order valence-corrected chi connectivity index (χ0v) is 9.94. The molecule has 3 nitrogen and oxygen atoms in total. The summed E-state index contributed by atoms with van der Waals surface area (Å²) in [7, 11) is 1.59. The van der Waals surface area contributed by atoms with Crippen molar-refractivity contribution in [3.63, 3.8) is 0 Å². The molecule has 0 radical (unpaired) electrons. The number of methoxy groups -OCH3 is 1. The summed E-state index contributed by atoms with van der Waals surface area (Å²) in [5.74, 6) is 0.627. The van der Waals surface area contributed by atoms with Crippen LogP contribution in [0, 0.1) is 6.92 Å². The van der Waals surface area contributed by atoms with Gasteiger partial charge in [-0.05, 0) is 34.5 Å². The van der Waals surface area contributed by atoms with Gasteiger partial charge >= 0.3 is 0 Å². The second-order valence-electron chi connectivity index (χ2n) is 2.99. The summed E-state index contributed by atoms with van der Waals surface area (Å²) in [6.07, 6.45) is 0. The Morgan fingerprint density at radius 2 is 2.14 bits per heavy atom. The van der Waals surface area contributed by atoms with Crippen molar-refractivity contribution in [2.24, 2.45) is 0 Å². The molecule has 1 aromatic carbocycles. The van der Waals surface area contributed by atoms with Gasteiger partial charge < -0.3 is 10.1 Å². The van der Waals surface area contributed by atoms with Crippen molar-refractivity contribution in [2.45, 2.75) is 13.8 Å². The van der Waals surface area contributed by atoms with E-state index < -0.39 is 0 Å². The maximum Gasteiger partial charge on any atom is 0.221 e. The number of carbonyl (C=O) groups is 1. The maximum atomic E-state index is 10.8. The lowest BCUT2D eigenvalue weighted by Gasteiger charge is -2.09. The quantitative estimate of drug-likeness (QED) is 0.885. The molecule has 0 unspecified atom stereocenters. The third-order valence-electron chi connectivity index (χ3n) is 1.76. The summed E-state index contributed by atoms with van der Waals surface area (Å²) in [6.45, 7) is 3.42. The average Bonchev–Trinajstić information content (AvgIpc) is 2.10. The Morgan fingerprint density at radius 3 is 2.64 bits per heavy atom. The van der Waals surface area contributed by atoms with Gasteiger partial charge in [0.1, 0.15) is 5.75 Å². The third-order valence-corrected chi connectivity index (χ3v) is 2.78. The number of hydrogen-bond donors (Lipinski definition) is 1. The van der Waals surface area contributed by atoms with Crippen LogP contribution in [-0.2, 0) is 4.79 Å². The highest BCUT2D eigenvalue weighted by Crippen LogP contribution is 2.31. The molecule has 1 rings (SSSR count). The van der Waals surface area contributed by atoms with E-state index >= 15 is 0 Å². The van der Waals surface area contributed by atoms with Crippen molar-refractivity contribution in [3.05, 3.63) is 22.2 Å². The van der Waals surface area contributed by atoms with Crippen molar-refractivity contribution in [1.29, 1.82) is 0 Å². The van der Waals surface area contributed by atoms with Crippen molar-refractivity contribution in [1.82, 2.24) is 0 Å². The molecular formula is C10H12BrNO2. The van der Waals surface area contributed by atoms with E-state index in [0.717, 1.165) is 15.7 Å². The topological polar surface area (TPSA) is 38.3 Å². The van der Waals surface area contributed by atoms with Crippen LogP contribution in [0.25, 0.3) is 0 Å². The van der Waals surface area contributed by atoms with Crippen LogP contribution in [0.1, 0.15) is 12.5 Å². The normalized spacial score (nSPS) is 9.71. The Morgan fingerprint density at radius 1 is 1.50 bits per heavy atom. The van der Waals surface area contributed by atoms with Crippen LogP contribution in [0.5, 0.6) is 5.75 Å². The molecule has 0 bridgehead atoms. The summed E-state index contributed by atoms with van der Waals surface area (Å²) in [5, 5.41) is 2.71. The minimum atomic E-state index is -0.0891. The number of carbonyl (C=O) groups excluding carboxylic acids is 1. The van der Waals surface area contributed by atoms with Crippen molar-refractivity contribution in [2.75, 3.05) is 12.4 Å². The van der Waals surface area contributed by atoms with E-state index in [2.05, 4.69) is 21.2 Å². The first-order valence-electron chi connectivity index (χ1n) is 4.16. The van der Waals surface area contributed by atoms with Crippen LogP contribution >= 0.6 is 15.9 Å². The number of anilines is 1. The second kappa shape index (κ2) is 4.46. The van der Waals surface area contributed by atoms with Crippen LogP contribution in [0.3, 0.4) is 0 Å². The molecule has 14 heavy (non-hydrogen) atoms. The van der Waals surface area contributed by atoms with Gasteiger partial charge in [-0.25, -0.2) is 0 Å². The van der Waals surface area contributed by atoms with Gasteiger partial charge in [0.05, 0.1) is 11.6 Å². The minimum Gasteiger partial charge on any atom is -0.495 e. The maximum absolute atomic E-state index is 10.8. The Labute approximate surface area is 91.6 Å². The first-order chi connectivity index (χ1) is 6.54. The molecule has 0 aromatic heterocycles. The van der Waals surface area contributed by atoms with Gasteiger partial charge in [-0.15, -0.1) is 0 Å². The first-order valence-corrected chi connectivity index (χ1v) is 4.95. The number of amides is 1. The number of benzene rings is 1. The highest BCUT2D eigenvalue weighted by atomic mass is 79.9. The van der Waals surface area contributed by atoms with Crippen molar-refractivity contribution in [3.8, 4) is 5.75 Å². The van der Waals surface area contributed by atoms with E-state index in [9.17, 15) is 4.79 Å². The van der Waals surface area contributed by atoms with Crippen molar-refractivity contribution < 1.29 is 9.53 Å². The molecule has 0 heterocycles.